The molecule has 0 fully saturated rings. The molecule has 5 heteroatoms. The van der Waals surface area contributed by atoms with E-state index in [0.717, 1.165) is 6.42 Å². The Labute approximate surface area is 147 Å². The van der Waals surface area contributed by atoms with E-state index in [1.54, 1.807) is 31.2 Å². The summed E-state index contributed by atoms with van der Waals surface area (Å²) in [4.78, 5) is 36.5. The molecule has 0 saturated carbocycles. The summed E-state index contributed by atoms with van der Waals surface area (Å²) in [5, 5.41) is 0. The maximum Gasteiger partial charge on any atom is 0.305 e. The molecule has 0 aliphatic heterocycles. The van der Waals surface area contributed by atoms with E-state index in [0.29, 0.717) is 60.3 Å². The van der Waals surface area contributed by atoms with Crippen molar-refractivity contribution in [1.82, 2.24) is 0 Å². The van der Waals surface area contributed by atoms with Gasteiger partial charge >= 0.3 is 5.97 Å². The van der Waals surface area contributed by atoms with Crippen LogP contribution in [0, 0.1) is 0 Å². The molecule has 0 saturated heterocycles. The van der Waals surface area contributed by atoms with Gasteiger partial charge in [0, 0.05) is 28.7 Å². The number of carbonyl (C=O) groups is 3. The van der Waals surface area contributed by atoms with Gasteiger partial charge in [0.25, 0.3) is 0 Å². The number of allylic oxidation sites excluding steroid dienone is 2. The van der Waals surface area contributed by atoms with Gasteiger partial charge in [-0.2, -0.15) is 12.6 Å². The largest absolute Gasteiger partial charge is 0.466 e. The van der Waals surface area contributed by atoms with Crippen molar-refractivity contribution in [2.45, 2.75) is 39.0 Å². The summed E-state index contributed by atoms with van der Waals surface area (Å²) in [6.45, 7) is 2.10. The summed E-state index contributed by atoms with van der Waals surface area (Å²) < 4.78 is 5.06. The maximum absolute atomic E-state index is 12.6. The molecule has 0 N–H and O–H groups in total. The number of Topliss-reactive ketones (excluding diaryl/α,β-unsaturated/α-hetero) is 2. The number of ether oxygens (including phenoxy) is 1. The molecule has 0 atom stereocenters. The van der Waals surface area contributed by atoms with E-state index in [9.17, 15) is 14.4 Å². The molecular formula is C19H22O4S. The van der Waals surface area contributed by atoms with Crippen LogP contribution in [0.1, 0.15) is 59.7 Å². The van der Waals surface area contributed by atoms with Crippen LogP contribution < -0.4 is 0 Å². The molecule has 0 spiro atoms. The number of rotatable bonds is 8. The molecule has 1 aliphatic carbocycles. The summed E-state index contributed by atoms with van der Waals surface area (Å²) >= 11 is 4.06. The first-order valence-corrected chi connectivity index (χ1v) is 8.84. The van der Waals surface area contributed by atoms with E-state index < -0.39 is 0 Å². The smallest absolute Gasteiger partial charge is 0.305 e. The minimum Gasteiger partial charge on any atom is -0.466 e. The van der Waals surface area contributed by atoms with E-state index in [2.05, 4.69) is 12.6 Å². The fourth-order valence-electron chi connectivity index (χ4n) is 2.75. The van der Waals surface area contributed by atoms with Crippen molar-refractivity contribution in [1.29, 1.82) is 0 Å². The van der Waals surface area contributed by atoms with E-state index in [1.807, 2.05) is 0 Å². The minimum absolute atomic E-state index is 0.0703. The van der Waals surface area contributed by atoms with Crippen LogP contribution in [0.3, 0.4) is 0 Å². The molecule has 128 valence electrons. The maximum atomic E-state index is 12.6. The molecular weight excluding hydrogens is 324 g/mol. The number of unbranched alkanes of at least 4 members (excludes halogenated alkanes) is 1. The van der Waals surface area contributed by atoms with Gasteiger partial charge in [-0.3, -0.25) is 14.4 Å². The molecule has 1 aromatic carbocycles. The van der Waals surface area contributed by atoms with Gasteiger partial charge in [0.05, 0.1) is 6.61 Å². The molecule has 0 heterocycles. The second-order valence-electron chi connectivity index (χ2n) is 5.81. The van der Waals surface area contributed by atoms with Crippen molar-refractivity contribution in [2.24, 2.45) is 0 Å². The Morgan fingerprint density at radius 1 is 1.04 bits per heavy atom. The fraction of sp³-hybridized carbons (Fsp3) is 0.421. The highest BCUT2D eigenvalue weighted by molar-refractivity contribution is 7.80. The lowest BCUT2D eigenvalue weighted by molar-refractivity contribution is -0.143. The molecule has 0 amide bonds. The summed E-state index contributed by atoms with van der Waals surface area (Å²) in [6.07, 6.45) is 2.90. The zero-order valence-electron chi connectivity index (χ0n) is 13.8. The van der Waals surface area contributed by atoms with Crippen molar-refractivity contribution >= 4 is 30.2 Å². The monoisotopic (exact) mass is 346 g/mol. The Kier molecular flexibility index (Phi) is 6.79. The number of benzene rings is 1. The predicted octanol–water partition coefficient (Wildman–Crippen LogP) is 3.81. The average molecular weight is 346 g/mol. The van der Waals surface area contributed by atoms with Crippen LogP contribution in [0.25, 0.3) is 0 Å². The first-order chi connectivity index (χ1) is 11.6. The van der Waals surface area contributed by atoms with Crippen molar-refractivity contribution in [3.8, 4) is 0 Å². The van der Waals surface area contributed by atoms with Gasteiger partial charge in [-0.25, -0.2) is 0 Å². The molecule has 2 rings (SSSR count). The van der Waals surface area contributed by atoms with Crippen LogP contribution in [-0.4, -0.2) is 29.9 Å². The number of fused-ring (bicyclic) bond motifs is 1. The van der Waals surface area contributed by atoms with E-state index in [1.165, 1.54) is 0 Å². The van der Waals surface area contributed by atoms with Crippen molar-refractivity contribution in [2.75, 3.05) is 12.4 Å². The zero-order chi connectivity index (χ0) is 17.5. The topological polar surface area (TPSA) is 60.4 Å². The van der Waals surface area contributed by atoms with Gasteiger partial charge in [0.2, 0.25) is 0 Å². The standard InChI is InChI=1S/C19H22O4S/c1-13-14(7-4-5-10-17(20)23-11-6-12-24)19(22)16-9-3-2-8-15(16)18(13)21/h2-3,8-9,24H,4-7,10-12H2,1H3. The van der Waals surface area contributed by atoms with Crippen molar-refractivity contribution in [3.05, 3.63) is 46.5 Å². The van der Waals surface area contributed by atoms with Crippen LogP contribution in [0.5, 0.6) is 0 Å². The molecule has 24 heavy (non-hydrogen) atoms. The summed E-state index contributed by atoms with van der Waals surface area (Å²) in [5.41, 5.74) is 2.06. The van der Waals surface area contributed by atoms with Gasteiger partial charge in [-0.15, -0.1) is 0 Å². The van der Waals surface area contributed by atoms with Crippen LogP contribution in [0.4, 0.5) is 0 Å². The van der Waals surface area contributed by atoms with Crippen molar-refractivity contribution < 1.29 is 19.1 Å². The molecule has 0 radical (unpaired) electrons. The highest BCUT2D eigenvalue weighted by atomic mass is 32.1. The van der Waals surface area contributed by atoms with Gasteiger partial charge < -0.3 is 4.74 Å². The number of esters is 1. The van der Waals surface area contributed by atoms with Crippen LogP contribution in [-0.2, 0) is 9.53 Å². The molecule has 0 unspecified atom stereocenters. The predicted molar refractivity (Wildman–Crippen MR) is 95.7 cm³/mol. The SMILES string of the molecule is CC1=C(CCCCC(=O)OCCCS)C(=O)c2ccccc2C1=O. The third-order valence-corrected chi connectivity index (χ3v) is 4.42. The Morgan fingerprint density at radius 3 is 2.38 bits per heavy atom. The lowest BCUT2D eigenvalue weighted by atomic mass is 9.83. The van der Waals surface area contributed by atoms with Gasteiger partial charge in [0.15, 0.2) is 11.6 Å². The number of ketones is 2. The Morgan fingerprint density at radius 2 is 1.71 bits per heavy atom. The summed E-state index contributed by atoms with van der Waals surface area (Å²) in [5.74, 6) is 0.322. The van der Waals surface area contributed by atoms with E-state index in [4.69, 9.17) is 4.74 Å². The minimum atomic E-state index is -0.223. The van der Waals surface area contributed by atoms with Crippen LogP contribution in [0.2, 0.25) is 0 Å². The van der Waals surface area contributed by atoms with E-state index >= 15 is 0 Å². The molecule has 4 nitrogen and oxygen atoms in total. The highest BCUT2D eigenvalue weighted by Gasteiger charge is 2.28. The molecule has 0 aromatic heterocycles. The first-order valence-electron chi connectivity index (χ1n) is 8.21. The Bertz CT molecular complexity index is 676. The van der Waals surface area contributed by atoms with Gasteiger partial charge in [0.1, 0.15) is 0 Å². The third kappa shape index (κ3) is 4.35. The summed E-state index contributed by atoms with van der Waals surface area (Å²) in [7, 11) is 0. The quantitative estimate of drug-likeness (QED) is 0.442. The van der Waals surface area contributed by atoms with Gasteiger partial charge in [-0.05, 0) is 38.4 Å². The zero-order valence-corrected chi connectivity index (χ0v) is 14.7. The van der Waals surface area contributed by atoms with Crippen molar-refractivity contribution in [3.63, 3.8) is 0 Å². The highest BCUT2D eigenvalue weighted by Crippen LogP contribution is 2.28. The lowest BCUT2D eigenvalue weighted by Crippen LogP contribution is -2.20. The van der Waals surface area contributed by atoms with Crippen LogP contribution >= 0.6 is 12.6 Å². The first kappa shape index (κ1) is 18.5. The molecule has 0 bridgehead atoms. The number of hydrogen-bond donors (Lipinski definition) is 1. The molecule has 1 aliphatic rings. The third-order valence-electron chi connectivity index (χ3n) is 4.11. The number of hydrogen-bond acceptors (Lipinski definition) is 5. The lowest BCUT2D eigenvalue weighted by Gasteiger charge is -2.18. The average Bonchev–Trinajstić information content (AvgIpc) is 2.59. The second kappa shape index (κ2) is 8.83. The Balaban J connectivity index is 1.89. The van der Waals surface area contributed by atoms with Crippen LogP contribution in [0.15, 0.2) is 35.4 Å². The van der Waals surface area contributed by atoms with E-state index in [-0.39, 0.29) is 17.5 Å². The van der Waals surface area contributed by atoms with Gasteiger partial charge in [-0.1, -0.05) is 24.3 Å². The number of thiol groups is 1. The molecule has 1 aromatic rings. The normalized spacial score (nSPS) is 13.9. The fourth-order valence-corrected chi connectivity index (χ4v) is 2.87. The second-order valence-corrected chi connectivity index (χ2v) is 6.26. The number of carbonyl (C=O) groups excluding carboxylic acids is 3. The summed E-state index contributed by atoms with van der Waals surface area (Å²) in [6, 6.07) is 6.92. The Hall–Kier alpha value is -1.88.